The number of methoxy groups -OCH3 is 2. The van der Waals surface area contributed by atoms with Gasteiger partial charge in [-0.15, -0.1) is 0 Å². The Labute approximate surface area is 247 Å². The fourth-order valence-corrected chi connectivity index (χ4v) is 5.30. The summed E-state index contributed by atoms with van der Waals surface area (Å²) in [5.74, 6) is 0.897. The fraction of sp³-hybridized carbons (Fsp3) is 0.281. The standard InChI is InChI=1S/C32H33N3O8/c1-20(36)33-26-18-35(31(39)34-30(26)38)29-17-27(37)28(43-29)19-42-32(21-7-5-4-6-8-21,22-9-13-24(40-2)14-10-22)23-11-15-25(41-3)16-12-23/h4-16,18,27-29,37H,17,19H2,1-3H3,(H,33,36)(H,34,38,39)/t27-,28+,29+/m0/s1. The third kappa shape index (κ3) is 6.09. The van der Waals surface area contributed by atoms with Gasteiger partial charge in [0.25, 0.3) is 5.56 Å². The van der Waals surface area contributed by atoms with Crippen molar-refractivity contribution in [3.63, 3.8) is 0 Å². The highest BCUT2D eigenvalue weighted by Gasteiger charge is 2.42. The van der Waals surface area contributed by atoms with Crippen LogP contribution in [-0.4, -0.2) is 53.6 Å². The predicted octanol–water partition coefficient (Wildman–Crippen LogP) is 3.17. The highest BCUT2D eigenvalue weighted by atomic mass is 16.6. The minimum Gasteiger partial charge on any atom is -0.497 e. The number of aromatic nitrogens is 2. The summed E-state index contributed by atoms with van der Waals surface area (Å²) >= 11 is 0. The maximum absolute atomic E-state index is 12.6. The first-order valence-corrected chi connectivity index (χ1v) is 13.7. The minimum atomic E-state index is -1.13. The van der Waals surface area contributed by atoms with Crippen molar-refractivity contribution in [3.05, 3.63) is 123 Å². The van der Waals surface area contributed by atoms with E-state index in [1.807, 2.05) is 78.9 Å². The number of aliphatic hydroxyl groups is 1. The second kappa shape index (κ2) is 12.7. The van der Waals surface area contributed by atoms with Gasteiger partial charge in [0.15, 0.2) is 0 Å². The molecule has 0 spiro atoms. The third-order valence-corrected chi connectivity index (χ3v) is 7.43. The first-order valence-electron chi connectivity index (χ1n) is 13.7. The number of rotatable bonds is 10. The number of H-pyrrole nitrogens is 1. The van der Waals surface area contributed by atoms with E-state index >= 15 is 0 Å². The monoisotopic (exact) mass is 587 g/mol. The van der Waals surface area contributed by atoms with E-state index in [0.717, 1.165) is 21.3 Å². The average molecular weight is 588 g/mol. The van der Waals surface area contributed by atoms with E-state index in [4.69, 9.17) is 18.9 Å². The lowest BCUT2D eigenvalue weighted by atomic mass is 9.80. The summed E-state index contributed by atoms with van der Waals surface area (Å²) in [4.78, 5) is 38.5. The number of amides is 1. The molecule has 4 aromatic rings. The van der Waals surface area contributed by atoms with E-state index in [1.165, 1.54) is 13.1 Å². The molecule has 0 saturated carbocycles. The molecule has 11 heteroatoms. The Morgan fingerprint density at radius 3 is 2.05 bits per heavy atom. The SMILES string of the molecule is COc1ccc(C(OC[C@H]2O[C@@H](n3cc(NC(C)=O)c(=O)[nH]c3=O)C[C@@H]2O)(c2ccccc2)c2ccc(OC)cc2)cc1. The number of aliphatic hydroxyl groups excluding tert-OH is 1. The molecule has 0 aliphatic carbocycles. The number of nitrogens with one attached hydrogen (secondary N) is 2. The maximum atomic E-state index is 12.6. The Bertz CT molecular complexity index is 1620. The van der Waals surface area contributed by atoms with Gasteiger partial charge in [-0.25, -0.2) is 4.79 Å². The van der Waals surface area contributed by atoms with Crippen molar-refractivity contribution < 1.29 is 28.8 Å². The van der Waals surface area contributed by atoms with Crippen LogP contribution in [0.1, 0.15) is 36.3 Å². The second-order valence-electron chi connectivity index (χ2n) is 10.1. The Kier molecular flexibility index (Phi) is 8.76. The van der Waals surface area contributed by atoms with Crippen LogP contribution in [0.15, 0.2) is 94.6 Å². The summed E-state index contributed by atoms with van der Waals surface area (Å²) < 4.78 is 24.9. The number of carbonyl (C=O) groups is 1. The van der Waals surface area contributed by atoms with Gasteiger partial charge in [0.05, 0.1) is 26.9 Å². The molecule has 1 aliphatic rings. The summed E-state index contributed by atoms with van der Waals surface area (Å²) in [6.45, 7) is 1.20. The van der Waals surface area contributed by atoms with Crippen LogP contribution < -0.4 is 26.0 Å². The molecule has 5 rings (SSSR count). The molecule has 3 atom stereocenters. The summed E-state index contributed by atoms with van der Waals surface area (Å²) in [6, 6.07) is 24.8. The molecule has 0 bridgehead atoms. The van der Waals surface area contributed by atoms with Gasteiger partial charge in [-0.05, 0) is 41.0 Å². The van der Waals surface area contributed by atoms with Crippen LogP contribution in [0.5, 0.6) is 11.5 Å². The van der Waals surface area contributed by atoms with E-state index in [-0.39, 0.29) is 18.7 Å². The van der Waals surface area contributed by atoms with Crippen LogP contribution >= 0.6 is 0 Å². The van der Waals surface area contributed by atoms with Crippen molar-refractivity contribution in [1.29, 1.82) is 0 Å². The number of carbonyl (C=O) groups excluding carboxylic acids is 1. The lowest BCUT2D eigenvalue weighted by Gasteiger charge is -2.37. The molecule has 1 saturated heterocycles. The van der Waals surface area contributed by atoms with Crippen LogP contribution in [0.2, 0.25) is 0 Å². The van der Waals surface area contributed by atoms with Crippen molar-refractivity contribution in [2.45, 2.75) is 37.4 Å². The number of nitrogens with zero attached hydrogens (tertiary/aromatic N) is 1. The van der Waals surface area contributed by atoms with Crippen molar-refractivity contribution in [1.82, 2.24) is 9.55 Å². The van der Waals surface area contributed by atoms with Gasteiger partial charge in [0.1, 0.15) is 35.1 Å². The highest BCUT2D eigenvalue weighted by molar-refractivity contribution is 5.88. The Hall–Kier alpha value is -4.71. The molecule has 1 aromatic heterocycles. The van der Waals surface area contributed by atoms with Crippen LogP contribution in [0.25, 0.3) is 0 Å². The molecule has 3 N–H and O–H groups in total. The maximum Gasteiger partial charge on any atom is 0.330 e. The fourth-order valence-electron chi connectivity index (χ4n) is 5.30. The molecular weight excluding hydrogens is 554 g/mol. The smallest absolute Gasteiger partial charge is 0.330 e. The summed E-state index contributed by atoms with van der Waals surface area (Å²) in [5, 5.41) is 13.4. The topological polar surface area (TPSA) is 141 Å². The number of anilines is 1. The Morgan fingerprint density at radius 2 is 1.51 bits per heavy atom. The zero-order valence-electron chi connectivity index (χ0n) is 24.0. The molecule has 1 fully saturated rings. The Balaban J connectivity index is 1.51. The van der Waals surface area contributed by atoms with Crippen LogP contribution in [0, 0.1) is 0 Å². The number of ether oxygens (including phenoxy) is 4. The summed E-state index contributed by atoms with van der Waals surface area (Å²) in [6.07, 6.45) is -1.45. The number of hydrogen-bond donors (Lipinski definition) is 3. The highest BCUT2D eigenvalue weighted by Crippen LogP contribution is 2.42. The molecule has 2 heterocycles. The van der Waals surface area contributed by atoms with E-state index < -0.39 is 41.2 Å². The van der Waals surface area contributed by atoms with Gasteiger partial charge in [0, 0.05) is 19.5 Å². The molecule has 1 amide bonds. The van der Waals surface area contributed by atoms with Crippen LogP contribution in [-0.2, 0) is 19.9 Å². The van der Waals surface area contributed by atoms with Gasteiger partial charge in [-0.3, -0.25) is 19.1 Å². The number of hydrogen-bond acceptors (Lipinski definition) is 8. The van der Waals surface area contributed by atoms with E-state index in [0.29, 0.717) is 11.5 Å². The molecule has 43 heavy (non-hydrogen) atoms. The third-order valence-electron chi connectivity index (χ3n) is 7.43. The lowest BCUT2D eigenvalue weighted by Crippen LogP contribution is -2.38. The molecule has 0 unspecified atom stereocenters. The molecule has 11 nitrogen and oxygen atoms in total. The lowest BCUT2D eigenvalue weighted by molar-refractivity contribution is -0.114. The summed E-state index contributed by atoms with van der Waals surface area (Å²) in [5.41, 5.74) is -0.238. The summed E-state index contributed by atoms with van der Waals surface area (Å²) in [7, 11) is 3.20. The van der Waals surface area contributed by atoms with Crippen LogP contribution in [0.4, 0.5) is 5.69 Å². The van der Waals surface area contributed by atoms with E-state index in [9.17, 15) is 19.5 Å². The van der Waals surface area contributed by atoms with Gasteiger partial charge < -0.3 is 29.4 Å². The normalized spacial score (nSPS) is 18.3. The van der Waals surface area contributed by atoms with E-state index in [1.54, 1.807) is 14.2 Å². The first kappa shape index (κ1) is 29.8. The van der Waals surface area contributed by atoms with Crippen molar-refractivity contribution in [2.75, 3.05) is 26.1 Å². The molecular formula is C32H33N3O8. The largest absolute Gasteiger partial charge is 0.497 e. The molecule has 1 aliphatic heterocycles. The van der Waals surface area contributed by atoms with Gasteiger partial charge in [-0.2, -0.15) is 0 Å². The van der Waals surface area contributed by atoms with Gasteiger partial charge in [0.2, 0.25) is 5.91 Å². The van der Waals surface area contributed by atoms with Gasteiger partial charge >= 0.3 is 5.69 Å². The number of aromatic amines is 1. The van der Waals surface area contributed by atoms with E-state index in [2.05, 4.69) is 10.3 Å². The quantitative estimate of drug-likeness (QED) is 0.240. The second-order valence-corrected chi connectivity index (χ2v) is 10.1. The van der Waals surface area contributed by atoms with Crippen molar-refractivity contribution in [3.8, 4) is 11.5 Å². The van der Waals surface area contributed by atoms with Crippen molar-refractivity contribution >= 4 is 11.6 Å². The average Bonchev–Trinajstić information content (AvgIpc) is 3.39. The van der Waals surface area contributed by atoms with Crippen LogP contribution in [0.3, 0.4) is 0 Å². The molecule has 3 aromatic carbocycles. The van der Waals surface area contributed by atoms with Crippen molar-refractivity contribution in [2.24, 2.45) is 0 Å². The zero-order chi connectivity index (χ0) is 30.6. The Morgan fingerprint density at radius 1 is 0.953 bits per heavy atom. The number of benzene rings is 3. The zero-order valence-corrected chi connectivity index (χ0v) is 24.0. The predicted molar refractivity (Wildman–Crippen MR) is 158 cm³/mol. The minimum absolute atomic E-state index is 0.0543. The molecule has 224 valence electrons. The first-order chi connectivity index (χ1) is 20.7. The van der Waals surface area contributed by atoms with Gasteiger partial charge in [-0.1, -0.05) is 54.6 Å². The molecule has 0 radical (unpaired) electrons.